The molecule has 5 heteroatoms. The van der Waals surface area contributed by atoms with Gasteiger partial charge in [0.05, 0.1) is 43.0 Å². The molecule has 0 spiro atoms. The van der Waals surface area contributed by atoms with Crippen molar-refractivity contribution in [3.8, 4) is 71.3 Å². The molecule has 5 aromatic rings. The predicted octanol–water partition coefficient (Wildman–Crippen LogP) is 15.2. The van der Waals surface area contributed by atoms with Crippen molar-refractivity contribution in [2.24, 2.45) is 0 Å². The van der Waals surface area contributed by atoms with Gasteiger partial charge in [-0.3, -0.25) is 0 Å². The van der Waals surface area contributed by atoms with Gasteiger partial charge in [0.25, 0.3) is 0 Å². The minimum atomic E-state index is 0.324. The van der Waals surface area contributed by atoms with Crippen molar-refractivity contribution in [2.75, 3.05) is 0 Å². The lowest BCUT2D eigenvalue weighted by atomic mass is 9.94. The lowest BCUT2D eigenvalue weighted by Crippen LogP contribution is -1.92. The molecule has 0 fully saturated rings. The molecule has 0 saturated heterocycles. The van der Waals surface area contributed by atoms with Gasteiger partial charge in [-0.15, -0.1) is 0 Å². The second-order valence-electron chi connectivity index (χ2n) is 15.8. The molecule has 0 saturated carbocycles. The molecule has 0 heterocycles. The van der Waals surface area contributed by atoms with Gasteiger partial charge in [0.1, 0.15) is 0 Å². The Morgan fingerprint density at radius 3 is 0.786 bits per heavy atom. The minimum absolute atomic E-state index is 0.324. The summed E-state index contributed by atoms with van der Waals surface area (Å²) in [6.45, 7) is 35.1. The maximum Gasteiger partial charge on any atom is 0.194 e. The third-order valence-corrected chi connectivity index (χ3v) is 10.5. The van der Waals surface area contributed by atoms with E-state index in [2.05, 4.69) is 85.9 Å². The Labute approximate surface area is 414 Å². The fraction of sp³-hybridized carbons (Fsp3) is 0.154. The third kappa shape index (κ3) is 13.1. The molecule has 0 amide bonds. The van der Waals surface area contributed by atoms with Gasteiger partial charge < -0.3 is 0 Å². The zero-order chi connectivity index (χ0) is 49.8. The van der Waals surface area contributed by atoms with Crippen LogP contribution in [-0.4, -0.2) is 0 Å². The van der Waals surface area contributed by atoms with Gasteiger partial charge in [-0.1, -0.05) is 112 Å². The summed E-state index contributed by atoms with van der Waals surface area (Å²) in [5.74, 6) is 31.9. The number of nitriles is 2. The quantitative estimate of drug-likeness (QED) is 0.115. The summed E-state index contributed by atoms with van der Waals surface area (Å²) in [7, 11) is 0. The summed E-state index contributed by atoms with van der Waals surface area (Å²) in [6, 6.07) is 33.0. The average Bonchev–Trinajstić information content (AvgIpc) is 3.38. The molecule has 5 nitrogen and oxygen atoms in total. The number of benzene rings is 5. The first-order valence-corrected chi connectivity index (χ1v) is 22.9. The fourth-order valence-corrected chi connectivity index (χ4v) is 7.45. The van der Waals surface area contributed by atoms with Gasteiger partial charge >= 0.3 is 0 Å². The first-order chi connectivity index (χ1) is 34.2. The van der Waals surface area contributed by atoms with Crippen LogP contribution in [0.1, 0.15) is 150 Å². The van der Waals surface area contributed by atoms with Crippen LogP contribution in [0.3, 0.4) is 0 Å². The summed E-state index contributed by atoms with van der Waals surface area (Å²) in [5.41, 5.74) is 11.3. The molecule has 0 radical (unpaired) electrons. The number of nitrogens with zero attached hydrogens (tertiary/aromatic N) is 5. The maximum absolute atomic E-state index is 10.8. The van der Waals surface area contributed by atoms with Gasteiger partial charge in [-0.2, -0.15) is 10.5 Å². The van der Waals surface area contributed by atoms with Crippen molar-refractivity contribution in [1.29, 1.82) is 10.5 Å². The van der Waals surface area contributed by atoms with Gasteiger partial charge in [0, 0.05) is 59.9 Å². The largest absolute Gasteiger partial charge is 0.238 e. The van der Waals surface area contributed by atoms with Crippen molar-refractivity contribution >= 4 is 58.6 Å². The molecule has 0 atom stereocenters. The van der Waals surface area contributed by atoms with Crippen LogP contribution >= 0.6 is 0 Å². The van der Waals surface area contributed by atoms with E-state index in [4.69, 9.17) is 19.7 Å². The zero-order valence-corrected chi connectivity index (χ0v) is 39.8. The van der Waals surface area contributed by atoms with Gasteiger partial charge in [-0.05, 0) is 159 Å². The van der Waals surface area contributed by atoms with E-state index in [0.29, 0.717) is 144 Å². The smallest absolute Gasteiger partial charge is 0.194 e. The van der Waals surface area contributed by atoms with E-state index in [1.807, 2.05) is 126 Å². The molecular formula is C65H45N5. The van der Waals surface area contributed by atoms with Crippen LogP contribution in [0.25, 0.3) is 73.2 Å². The second-order valence-corrected chi connectivity index (χ2v) is 15.8. The average molecular weight is 896 g/mol. The van der Waals surface area contributed by atoms with Crippen molar-refractivity contribution in [1.82, 2.24) is 0 Å². The van der Waals surface area contributed by atoms with Crippen molar-refractivity contribution in [3.05, 3.63) is 209 Å². The number of hydrogen-bond donors (Lipinski definition) is 0. The normalized spacial score (nSPS) is 14.3. The number of fused-ring (bicyclic) bond motifs is 10. The van der Waals surface area contributed by atoms with E-state index in [1.165, 1.54) is 0 Å². The van der Waals surface area contributed by atoms with Crippen LogP contribution in [0.4, 0.5) is 0 Å². The Morgan fingerprint density at radius 2 is 0.557 bits per heavy atom. The molecule has 70 heavy (non-hydrogen) atoms. The molecule has 6 rings (SSSR count). The van der Waals surface area contributed by atoms with Crippen LogP contribution < -0.4 is 0 Å². The van der Waals surface area contributed by atoms with E-state index in [-0.39, 0.29) is 0 Å². The van der Waals surface area contributed by atoms with Crippen LogP contribution in [0, 0.1) is 102 Å². The van der Waals surface area contributed by atoms with Crippen molar-refractivity contribution in [2.45, 2.75) is 66.7 Å². The summed E-state index contributed by atoms with van der Waals surface area (Å²) in [6.07, 6.45) is 12.0. The Bertz CT molecular complexity index is 3090. The van der Waals surface area contributed by atoms with E-state index in [0.717, 1.165) is 0 Å². The first kappa shape index (κ1) is 49.5. The van der Waals surface area contributed by atoms with Crippen LogP contribution in [0.2, 0.25) is 0 Å². The Balaban J connectivity index is 1.77. The molecule has 5 aromatic carbocycles. The monoisotopic (exact) mass is 895 g/mol. The topological polar surface area (TPSA) is 60.7 Å². The summed E-state index contributed by atoms with van der Waals surface area (Å²) < 4.78 is 0. The molecular weight excluding hydrogens is 851 g/mol. The van der Waals surface area contributed by atoms with E-state index in [9.17, 15) is 10.5 Å². The van der Waals surface area contributed by atoms with Gasteiger partial charge in [0.2, 0.25) is 0 Å². The maximum atomic E-state index is 10.8. The highest BCUT2D eigenvalue weighted by molar-refractivity contribution is 5.96. The van der Waals surface area contributed by atoms with Crippen LogP contribution in [0.15, 0.2) is 91.0 Å². The molecule has 0 aliphatic heterocycles. The number of hydrogen-bond acceptors (Lipinski definition) is 2. The van der Waals surface area contributed by atoms with Crippen LogP contribution in [-0.2, 0) is 0 Å². The second kappa shape index (κ2) is 24.5. The number of rotatable bonds is 0. The fourth-order valence-electron chi connectivity index (χ4n) is 7.45. The molecule has 330 valence electrons. The van der Waals surface area contributed by atoms with E-state index >= 15 is 0 Å². The minimum Gasteiger partial charge on any atom is -0.238 e. The summed E-state index contributed by atoms with van der Waals surface area (Å²) in [4.78, 5) is 12.0. The summed E-state index contributed by atoms with van der Waals surface area (Å²) >= 11 is 0. The molecule has 1 aliphatic carbocycles. The van der Waals surface area contributed by atoms with Crippen LogP contribution in [0.5, 0.6) is 0 Å². The highest BCUT2D eigenvalue weighted by Crippen LogP contribution is 2.32. The molecule has 0 N–H and O–H groups in total. The van der Waals surface area contributed by atoms with E-state index < -0.39 is 0 Å². The SMILES string of the molecule is [C-]#[N+]/C1=C\c2cc(C#CCC)cc(c2)/C([N+]#[C-])=C/c2cc(C#CCC)cc(c2)/C([N+]#[C-])=C/c2cc(C#CCC)cc(c2)/C(C#N)=C/c2cc(C#CCC)cc(c2)C(C#N)=Cc2cc(C#CCC)cc1c2. The first-order valence-electron chi connectivity index (χ1n) is 22.9. The highest BCUT2D eigenvalue weighted by Gasteiger charge is 2.14. The van der Waals surface area contributed by atoms with E-state index in [1.54, 1.807) is 30.4 Å². The third-order valence-electron chi connectivity index (χ3n) is 10.5. The lowest BCUT2D eigenvalue weighted by molar-refractivity contribution is 1.28. The van der Waals surface area contributed by atoms with Gasteiger partial charge in [0.15, 0.2) is 17.1 Å². The number of allylic oxidation sites excluding steroid dienone is 2. The highest BCUT2D eigenvalue weighted by atomic mass is 14.7. The zero-order valence-electron chi connectivity index (χ0n) is 39.8. The Hall–Kier alpha value is -9.95. The standard InChI is InChI=1S/C65H45N5/c1-9-14-19-46-24-51-34-56(29-46)62(45-67)40-52-25-48(21-16-11-3)31-58(36-52)64(69-7)42-54-27-50(23-18-13-5)33-60(38-54)65(70-8)43-55-28-49(22-17-12-4)32-59(37-55)63(68-6)41-53-26-47(20-15-10-2)30-57(35-53)61(39-51)44-66/h24-43H,9-13H2,1-5H3/b61-39+,62-40?,63-41-,64-42-,65-43-. The molecule has 10 bridgehead atoms. The Kier molecular flexibility index (Phi) is 17.3. The molecule has 0 aromatic heterocycles. The van der Waals surface area contributed by atoms with Crippen molar-refractivity contribution < 1.29 is 0 Å². The predicted molar refractivity (Wildman–Crippen MR) is 288 cm³/mol. The molecule has 0 unspecified atom stereocenters. The molecule has 1 aliphatic rings. The Morgan fingerprint density at radius 1 is 0.329 bits per heavy atom. The van der Waals surface area contributed by atoms with Crippen molar-refractivity contribution in [3.63, 3.8) is 0 Å². The summed E-state index contributed by atoms with van der Waals surface area (Å²) in [5, 5.41) is 21.6. The lowest BCUT2D eigenvalue weighted by Gasteiger charge is -2.09. The van der Waals surface area contributed by atoms with Gasteiger partial charge in [-0.25, -0.2) is 14.5 Å².